The Labute approximate surface area is 107 Å². The maximum atomic E-state index is 12.2. The Morgan fingerprint density at radius 3 is 2.67 bits per heavy atom. The van der Waals surface area contributed by atoms with Gasteiger partial charge in [-0.3, -0.25) is 9.59 Å². The van der Waals surface area contributed by atoms with Crippen molar-refractivity contribution in [1.29, 1.82) is 0 Å². The number of hydrogen-bond donors (Lipinski definition) is 1. The highest BCUT2D eigenvalue weighted by atomic mass is 16.5. The highest BCUT2D eigenvalue weighted by Crippen LogP contribution is 2.29. The molecule has 1 atom stereocenters. The molecule has 102 valence electrons. The molecule has 0 bridgehead atoms. The highest BCUT2D eigenvalue weighted by Gasteiger charge is 2.54. The lowest BCUT2D eigenvalue weighted by Crippen LogP contribution is -2.62. The number of carbonyl (C=O) groups excluding carboxylic acids is 2. The topological polar surface area (TPSA) is 67.9 Å². The molecule has 1 amide bonds. The minimum atomic E-state index is -1.12. The number of piperidine rings is 1. The van der Waals surface area contributed by atoms with Gasteiger partial charge < -0.3 is 19.7 Å². The normalized spacial score (nSPS) is 27.1. The Kier molecular flexibility index (Phi) is 3.87. The van der Waals surface area contributed by atoms with Crippen LogP contribution in [0.1, 0.15) is 12.8 Å². The van der Waals surface area contributed by atoms with Crippen molar-refractivity contribution in [2.75, 3.05) is 40.5 Å². The third-order valence-corrected chi connectivity index (χ3v) is 3.67. The quantitative estimate of drug-likeness (QED) is 0.539. The molecule has 2 heterocycles. The van der Waals surface area contributed by atoms with Crippen LogP contribution >= 0.6 is 0 Å². The fourth-order valence-electron chi connectivity index (χ4n) is 2.45. The summed E-state index contributed by atoms with van der Waals surface area (Å²) in [6.45, 7) is 2.11. The first-order valence-corrected chi connectivity index (χ1v) is 6.24. The van der Waals surface area contributed by atoms with Crippen molar-refractivity contribution in [3.05, 3.63) is 0 Å². The number of likely N-dealkylation sites (N-methyl/N-ethyl adjacent to an activating group) is 1. The van der Waals surface area contributed by atoms with Gasteiger partial charge in [0.2, 0.25) is 5.91 Å². The molecule has 6 nitrogen and oxygen atoms in total. The SMILES string of the molecule is COC(=O)C1(C(=O)NC2CCCN(C)C2)COC1. The van der Waals surface area contributed by atoms with E-state index >= 15 is 0 Å². The zero-order valence-electron chi connectivity index (χ0n) is 10.9. The van der Waals surface area contributed by atoms with Crippen LogP contribution in [0.15, 0.2) is 0 Å². The van der Waals surface area contributed by atoms with Gasteiger partial charge in [-0.05, 0) is 26.4 Å². The number of nitrogens with one attached hydrogen (secondary N) is 1. The smallest absolute Gasteiger partial charge is 0.326 e. The second kappa shape index (κ2) is 5.24. The summed E-state index contributed by atoms with van der Waals surface area (Å²) < 4.78 is 9.72. The van der Waals surface area contributed by atoms with E-state index in [1.165, 1.54) is 7.11 Å². The van der Waals surface area contributed by atoms with Gasteiger partial charge in [0.25, 0.3) is 0 Å². The molecule has 2 saturated heterocycles. The number of methoxy groups -OCH3 is 1. The predicted molar refractivity (Wildman–Crippen MR) is 63.9 cm³/mol. The molecule has 0 radical (unpaired) electrons. The molecule has 6 heteroatoms. The average Bonchev–Trinajstić information content (AvgIpc) is 2.27. The van der Waals surface area contributed by atoms with Crippen LogP contribution in [0.25, 0.3) is 0 Å². The van der Waals surface area contributed by atoms with Crippen molar-refractivity contribution < 1.29 is 19.1 Å². The highest BCUT2D eigenvalue weighted by molar-refractivity contribution is 6.04. The predicted octanol–water partition coefficient (Wildman–Crippen LogP) is -0.614. The molecular weight excluding hydrogens is 236 g/mol. The number of amides is 1. The minimum absolute atomic E-state index is 0.110. The summed E-state index contributed by atoms with van der Waals surface area (Å²) in [5.41, 5.74) is -1.12. The average molecular weight is 256 g/mol. The molecule has 0 spiro atoms. The zero-order chi connectivity index (χ0) is 13.2. The van der Waals surface area contributed by atoms with Crippen LogP contribution in [0.5, 0.6) is 0 Å². The molecule has 2 aliphatic heterocycles. The Bertz CT molecular complexity index is 341. The molecular formula is C12H20N2O4. The lowest BCUT2D eigenvalue weighted by atomic mass is 9.84. The van der Waals surface area contributed by atoms with Crippen molar-refractivity contribution in [1.82, 2.24) is 10.2 Å². The summed E-state index contributed by atoms with van der Waals surface area (Å²) in [6, 6.07) is 0.110. The molecule has 1 unspecified atom stereocenters. The molecule has 0 saturated carbocycles. The van der Waals surface area contributed by atoms with Gasteiger partial charge in [0, 0.05) is 12.6 Å². The van der Waals surface area contributed by atoms with E-state index in [1.54, 1.807) is 0 Å². The second-order valence-electron chi connectivity index (χ2n) is 5.14. The maximum absolute atomic E-state index is 12.2. The number of nitrogens with zero attached hydrogens (tertiary/aromatic N) is 1. The summed E-state index contributed by atoms with van der Waals surface area (Å²) in [7, 11) is 3.32. The van der Waals surface area contributed by atoms with Crippen LogP contribution in [0.3, 0.4) is 0 Å². The van der Waals surface area contributed by atoms with E-state index in [-0.39, 0.29) is 25.2 Å². The lowest BCUT2D eigenvalue weighted by molar-refractivity contribution is -0.188. The third kappa shape index (κ3) is 2.35. The first kappa shape index (κ1) is 13.3. The number of hydrogen-bond acceptors (Lipinski definition) is 5. The van der Waals surface area contributed by atoms with E-state index in [1.807, 2.05) is 7.05 Å². The van der Waals surface area contributed by atoms with Crippen LogP contribution in [0.2, 0.25) is 0 Å². The van der Waals surface area contributed by atoms with Crippen molar-refractivity contribution >= 4 is 11.9 Å². The summed E-state index contributed by atoms with van der Waals surface area (Å²) in [6.07, 6.45) is 2.01. The van der Waals surface area contributed by atoms with E-state index in [0.29, 0.717) is 0 Å². The number of likely N-dealkylation sites (tertiary alicyclic amines) is 1. The third-order valence-electron chi connectivity index (χ3n) is 3.67. The van der Waals surface area contributed by atoms with E-state index in [9.17, 15) is 9.59 Å². The second-order valence-corrected chi connectivity index (χ2v) is 5.14. The molecule has 0 aromatic heterocycles. The molecule has 0 aromatic carbocycles. The van der Waals surface area contributed by atoms with E-state index < -0.39 is 11.4 Å². The van der Waals surface area contributed by atoms with Crippen LogP contribution in [-0.2, 0) is 19.1 Å². The van der Waals surface area contributed by atoms with Crippen molar-refractivity contribution in [3.63, 3.8) is 0 Å². The zero-order valence-corrected chi connectivity index (χ0v) is 10.9. The van der Waals surface area contributed by atoms with Crippen LogP contribution in [0, 0.1) is 5.41 Å². The van der Waals surface area contributed by atoms with Gasteiger partial charge in [-0.2, -0.15) is 0 Å². The van der Waals surface area contributed by atoms with Gasteiger partial charge in [-0.25, -0.2) is 0 Å². The number of ether oxygens (including phenoxy) is 2. The first-order valence-electron chi connectivity index (χ1n) is 6.24. The first-order chi connectivity index (χ1) is 8.58. The summed E-state index contributed by atoms with van der Waals surface area (Å²) in [4.78, 5) is 26.1. The van der Waals surface area contributed by atoms with E-state index in [4.69, 9.17) is 9.47 Å². The number of esters is 1. The summed E-state index contributed by atoms with van der Waals surface area (Å²) in [5, 5.41) is 2.95. The molecule has 0 aliphatic carbocycles. The minimum Gasteiger partial charge on any atom is -0.468 e. The molecule has 2 fully saturated rings. The number of rotatable bonds is 3. The van der Waals surface area contributed by atoms with Gasteiger partial charge in [0.1, 0.15) is 0 Å². The molecule has 18 heavy (non-hydrogen) atoms. The Morgan fingerprint density at radius 2 is 2.17 bits per heavy atom. The van der Waals surface area contributed by atoms with Crippen molar-refractivity contribution in [3.8, 4) is 0 Å². The molecule has 1 N–H and O–H groups in total. The Hall–Kier alpha value is -1.14. The maximum Gasteiger partial charge on any atom is 0.326 e. The van der Waals surface area contributed by atoms with Crippen LogP contribution in [-0.4, -0.2) is 63.3 Å². The van der Waals surface area contributed by atoms with Gasteiger partial charge >= 0.3 is 5.97 Å². The largest absolute Gasteiger partial charge is 0.468 e. The fraction of sp³-hybridized carbons (Fsp3) is 0.833. The molecule has 2 rings (SSSR count). The monoisotopic (exact) mass is 256 g/mol. The fourth-order valence-corrected chi connectivity index (χ4v) is 2.45. The standard InChI is InChI=1S/C12H20N2O4/c1-14-5-3-4-9(6-14)13-10(15)12(7-18-8-12)11(16)17-2/h9H,3-8H2,1-2H3,(H,13,15). The Balaban J connectivity index is 1.96. The summed E-state index contributed by atoms with van der Waals surface area (Å²) >= 11 is 0. The number of carbonyl (C=O) groups is 2. The molecule has 2 aliphatic rings. The Morgan fingerprint density at radius 1 is 1.44 bits per heavy atom. The van der Waals surface area contributed by atoms with Gasteiger partial charge in [0.15, 0.2) is 5.41 Å². The van der Waals surface area contributed by atoms with Gasteiger partial charge in [-0.15, -0.1) is 0 Å². The van der Waals surface area contributed by atoms with Gasteiger partial charge in [0.05, 0.1) is 20.3 Å². The molecule has 0 aromatic rings. The van der Waals surface area contributed by atoms with Gasteiger partial charge in [-0.1, -0.05) is 0 Å². The lowest BCUT2D eigenvalue weighted by Gasteiger charge is -2.39. The van der Waals surface area contributed by atoms with Crippen LogP contribution < -0.4 is 5.32 Å². The van der Waals surface area contributed by atoms with Crippen molar-refractivity contribution in [2.45, 2.75) is 18.9 Å². The van der Waals surface area contributed by atoms with Crippen LogP contribution in [0.4, 0.5) is 0 Å². The van der Waals surface area contributed by atoms with E-state index in [2.05, 4.69) is 10.2 Å². The summed E-state index contributed by atoms with van der Waals surface area (Å²) in [5.74, 6) is -0.767. The van der Waals surface area contributed by atoms with E-state index in [0.717, 1.165) is 25.9 Å². The van der Waals surface area contributed by atoms with Crippen molar-refractivity contribution in [2.24, 2.45) is 5.41 Å².